The van der Waals surface area contributed by atoms with E-state index in [2.05, 4.69) is 20.9 Å². The molecule has 0 radical (unpaired) electrons. The van der Waals surface area contributed by atoms with Crippen LogP contribution in [0.15, 0.2) is 16.6 Å². The van der Waals surface area contributed by atoms with Crippen LogP contribution in [0.5, 0.6) is 0 Å². The smallest absolute Gasteiger partial charge is 0.140 e. The van der Waals surface area contributed by atoms with Gasteiger partial charge in [-0.25, -0.2) is 4.98 Å². The zero-order valence-corrected chi connectivity index (χ0v) is 10.6. The molecule has 0 aliphatic rings. The van der Waals surface area contributed by atoms with Crippen molar-refractivity contribution in [3.05, 3.63) is 33.6 Å². The molecule has 0 aliphatic heterocycles. The van der Waals surface area contributed by atoms with Gasteiger partial charge in [0, 0.05) is 16.3 Å². The molecule has 1 aromatic heterocycles. The van der Waals surface area contributed by atoms with E-state index in [1.54, 1.807) is 7.11 Å². The Hall–Kier alpha value is -1.16. The summed E-state index contributed by atoms with van der Waals surface area (Å²) in [5.41, 5.74) is 2.32. The first-order valence-electron chi connectivity index (χ1n) is 4.52. The van der Waals surface area contributed by atoms with Crippen molar-refractivity contribution in [1.29, 1.82) is 5.41 Å². The minimum Gasteiger partial charge on any atom is -0.495 e. The highest BCUT2D eigenvalue weighted by Gasteiger charge is 2.10. The van der Waals surface area contributed by atoms with Crippen molar-refractivity contribution < 1.29 is 4.74 Å². The number of nitrogens with zero attached hydrogens (tertiary/aromatic N) is 1. The van der Waals surface area contributed by atoms with Gasteiger partial charge in [-0.1, -0.05) is 0 Å². The van der Waals surface area contributed by atoms with Gasteiger partial charge in [-0.3, -0.25) is 0 Å². The molecule has 0 amide bonds. The average molecular weight is 269 g/mol. The average Bonchev–Trinajstić information content (AvgIpc) is 2.24. The number of methoxy groups -OCH3 is 1. The van der Waals surface area contributed by atoms with Gasteiger partial charge in [0.05, 0.1) is 12.8 Å². The van der Waals surface area contributed by atoms with Gasteiger partial charge >= 0.3 is 0 Å². The zero-order chi connectivity index (χ0) is 11.4. The lowest BCUT2D eigenvalue weighted by molar-refractivity contribution is 0.367. The molecular weight excluding hydrogens is 256 g/mol. The van der Waals surface area contributed by atoms with Crippen LogP contribution in [-0.4, -0.2) is 18.3 Å². The van der Waals surface area contributed by atoms with Crippen LogP contribution in [0.4, 0.5) is 0 Å². The van der Waals surface area contributed by atoms with Crippen LogP contribution < -0.4 is 0 Å². The molecule has 0 aromatic carbocycles. The summed E-state index contributed by atoms with van der Waals surface area (Å²) in [6.07, 6.45) is 3.11. The fourth-order valence-corrected chi connectivity index (χ4v) is 1.59. The second-order valence-electron chi connectivity index (χ2n) is 2.99. The van der Waals surface area contributed by atoms with Crippen LogP contribution in [0, 0.1) is 12.3 Å². The predicted octanol–water partition coefficient (Wildman–Crippen LogP) is 3.16. The highest BCUT2D eigenvalue weighted by molar-refractivity contribution is 9.10. The number of aryl methyl sites for hydroxylation is 1. The third-order valence-electron chi connectivity index (χ3n) is 2.05. The number of hydrogen-bond donors (Lipinski definition) is 1. The molecule has 0 bridgehead atoms. The second kappa shape index (κ2) is 5.07. The lowest BCUT2D eigenvalue weighted by atomic mass is 10.1. The van der Waals surface area contributed by atoms with Crippen LogP contribution in [0.25, 0.3) is 5.76 Å². The van der Waals surface area contributed by atoms with Crippen LogP contribution in [-0.2, 0) is 4.74 Å². The molecule has 1 rings (SSSR count). The number of allylic oxidation sites excluding steroid dienone is 1. The van der Waals surface area contributed by atoms with Crippen molar-refractivity contribution in [3.8, 4) is 0 Å². The van der Waals surface area contributed by atoms with Crippen LogP contribution in [0.3, 0.4) is 0 Å². The van der Waals surface area contributed by atoms with E-state index >= 15 is 0 Å². The number of halogens is 1. The number of ether oxygens (including phenoxy) is 1. The maximum atomic E-state index is 7.33. The van der Waals surface area contributed by atoms with Gasteiger partial charge in [0.25, 0.3) is 0 Å². The molecule has 3 nitrogen and oxygen atoms in total. The molecule has 0 saturated carbocycles. The summed E-state index contributed by atoms with van der Waals surface area (Å²) in [4.78, 5) is 4.39. The minimum atomic E-state index is 0.684. The second-order valence-corrected chi connectivity index (χ2v) is 3.85. The van der Waals surface area contributed by atoms with Crippen molar-refractivity contribution in [2.75, 3.05) is 7.11 Å². The molecule has 15 heavy (non-hydrogen) atoms. The molecule has 80 valence electrons. The number of hydrogen-bond acceptors (Lipinski definition) is 3. The molecule has 1 aromatic rings. The lowest BCUT2D eigenvalue weighted by Crippen LogP contribution is -2.00. The van der Waals surface area contributed by atoms with E-state index in [-0.39, 0.29) is 0 Å². The van der Waals surface area contributed by atoms with Gasteiger partial charge in [-0.15, -0.1) is 0 Å². The Bertz CT molecular complexity index is 413. The van der Waals surface area contributed by atoms with Crippen molar-refractivity contribution >= 4 is 27.9 Å². The first kappa shape index (κ1) is 11.9. The Kier molecular flexibility index (Phi) is 4.03. The monoisotopic (exact) mass is 268 g/mol. The summed E-state index contributed by atoms with van der Waals surface area (Å²) >= 11 is 3.39. The van der Waals surface area contributed by atoms with Gasteiger partial charge in [0.15, 0.2) is 0 Å². The summed E-state index contributed by atoms with van der Waals surface area (Å²) in [6, 6.07) is 1.87. The topological polar surface area (TPSA) is 46.0 Å². The van der Waals surface area contributed by atoms with E-state index in [1.807, 2.05) is 26.0 Å². The van der Waals surface area contributed by atoms with Crippen LogP contribution in [0.2, 0.25) is 0 Å². The van der Waals surface area contributed by atoms with Crippen molar-refractivity contribution in [1.82, 2.24) is 4.98 Å². The molecule has 4 heteroatoms. The van der Waals surface area contributed by atoms with Crippen molar-refractivity contribution in [2.24, 2.45) is 0 Å². The van der Waals surface area contributed by atoms with E-state index < -0.39 is 0 Å². The standard InChI is InChI=1S/C11H13BrN2O/c1-4-10(15-3)11-8(6-13)5-9(12)7(2)14-11/h4-6,13H,1-3H3/b10-4+,13-6?. The largest absolute Gasteiger partial charge is 0.495 e. The van der Waals surface area contributed by atoms with E-state index in [4.69, 9.17) is 10.1 Å². The van der Waals surface area contributed by atoms with Gasteiger partial charge in [-0.05, 0) is 41.9 Å². The predicted molar refractivity (Wildman–Crippen MR) is 65.2 cm³/mol. The summed E-state index contributed by atoms with van der Waals surface area (Å²) in [7, 11) is 1.60. The number of aromatic nitrogens is 1. The van der Waals surface area contributed by atoms with Gasteiger partial charge in [-0.2, -0.15) is 0 Å². The third kappa shape index (κ3) is 2.45. The maximum Gasteiger partial charge on any atom is 0.140 e. The Morgan fingerprint density at radius 3 is 2.73 bits per heavy atom. The lowest BCUT2D eigenvalue weighted by Gasteiger charge is -2.10. The highest BCUT2D eigenvalue weighted by atomic mass is 79.9. The minimum absolute atomic E-state index is 0.684. The summed E-state index contributed by atoms with van der Waals surface area (Å²) in [6.45, 7) is 3.79. The Labute approximate surface area is 97.8 Å². The molecule has 0 aliphatic carbocycles. The van der Waals surface area contributed by atoms with Gasteiger partial charge < -0.3 is 10.1 Å². The fraction of sp³-hybridized carbons (Fsp3) is 0.273. The summed E-state index contributed by atoms with van der Waals surface area (Å²) in [5.74, 6) is 0.684. The van der Waals surface area contributed by atoms with Crippen molar-refractivity contribution in [3.63, 3.8) is 0 Å². The molecule has 0 fully saturated rings. The number of nitrogens with one attached hydrogen (secondary N) is 1. The van der Waals surface area contributed by atoms with Crippen LogP contribution >= 0.6 is 15.9 Å². The first-order valence-corrected chi connectivity index (χ1v) is 5.31. The van der Waals surface area contributed by atoms with Crippen LogP contribution in [0.1, 0.15) is 23.9 Å². The highest BCUT2D eigenvalue weighted by Crippen LogP contribution is 2.22. The fourth-order valence-electron chi connectivity index (χ4n) is 1.25. The molecule has 0 unspecified atom stereocenters. The van der Waals surface area contributed by atoms with Gasteiger partial charge in [0.2, 0.25) is 0 Å². The Morgan fingerprint density at radius 2 is 2.27 bits per heavy atom. The van der Waals surface area contributed by atoms with Gasteiger partial charge in [0.1, 0.15) is 11.5 Å². The zero-order valence-electron chi connectivity index (χ0n) is 8.97. The van der Waals surface area contributed by atoms with E-state index in [9.17, 15) is 0 Å². The maximum absolute atomic E-state index is 7.33. The molecular formula is C11H13BrN2O. The number of pyridine rings is 1. The summed E-state index contributed by atoms with van der Waals surface area (Å²) < 4.78 is 6.10. The first-order chi connectivity index (χ1) is 7.13. The molecule has 0 saturated heterocycles. The normalized spacial score (nSPS) is 11.3. The van der Waals surface area contributed by atoms with Crippen molar-refractivity contribution in [2.45, 2.75) is 13.8 Å². The summed E-state index contributed by atoms with van der Waals surface area (Å²) in [5, 5.41) is 7.33. The Morgan fingerprint density at radius 1 is 1.60 bits per heavy atom. The van der Waals surface area contributed by atoms with E-state index in [0.717, 1.165) is 15.7 Å². The quantitative estimate of drug-likeness (QED) is 0.676. The van der Waals surface area contributed by atoms with E-state index in [0.29, 0.717) is 11.5 Å². The molecule has 1 N–H and O–H groups in total. The van der Waals surface area contributed by atoms with E-state index in [1.165, 1.54) is 6.21 Å². The Balaban J connectivity index is 3.39. The molecule has 1 heterocycles. The SMILES string of the molecule is C/C=C(/OC)c1nc(C)c(Br)cc1C=N. The third-order valence-corrected chi connectivity index (χ3v) is 2.85. The number of rotatable bonds is 3. The molecule has 0 spiro atoms. The molecule has 0 atom stereocenters.